The number of rotatable bonds is 5. The molecule has 0 N–H and O–H groups in total. The quantitative estimate of drug-likeness (QED) is 0.798. The van der Waals surface area contributed by atoms with Crippen molar-refractivity contribution in [2.24, 2.45) is 0 Å². The second-order valence-corrected chi connectivity index (χ2v) is 8.06. The van der Waals surface area contributed by atoms with Gasteiger partial charge >= 0.3 is 0 Å². The number of nitrogens with zero attached hydrogens (tertiary/aromatic N) is 2. The van der Waals surface area contributed by atoms with Crippen LogP contribution < -0.4 is 4.90 Å². The van der Waals surface area contributed by atoms with Gasteiger partial charge in [-0.15, -0.1) is 0 Å². The highest BCUT2D eigenvalue weighted by Gasteiger charge is 2.28. The third kappa shape index (κ3) is 3.87. The van der Waals surface area contributed by atoms with E-state index in [9.17, 15) is 17.2 Å². The van der Waals surface area contributed by atoms with Gasteiger partial charge in [-0.25, -0.2) is 17.2 Å². The molecule has 2 aromatic carbocycles. The maximum Gasteiger partial charge on any atom is 0.248 e. The molecular weight excluding hydrogens is 362 g/mol. The number of benzene rings is 2. The van der Waals surface area contributed by atoms with E-state index in [0.29, 0.717) is 13.2 Å². The summed E-state index contributed by atoms with van der Waals surface area (Å²) in [6, 6.07) is 10.4. The summed E-state index contributed by atoms with van der Waals surface area (Å²) >= 11 is 0. The number of hydrogen-bond acceptors (Lipinski definition) is 4. The third-order valence-electron chi connectivity index (χ3n) is 4.31. The Hall–Kier alpha value is -2.03. The largest absolute Gasteiger partial charge is 0.378 e. The Bertz CT molecular complexity index is 846. The van der Waals surface area contributed by atoms with Crippen LogP contribution in [0, 0.1) is 11.6 Å². The summed E-state index contributed by atoms with van der Waals surface area (Å²) in [6.45, 7) is 2.98. The highest BCUT2D eigenvalue weighted by molar-refractivity contribution is 7.89. The molecule has 3 rings (SSSR count). The first kappa shape index (κ1) is 18.8. The standard InChI is InChI=1S/C18H20F2N2O3S/c1-21(26(23,24)18-16(19)3-2-4-17(18)20)13-14-5-7-15(8-6-14)22-9-11-25-12-10-22/h2-8H,9-13H2,1H3. The molecule has 1 aliphatic heterocycles. The number of morpholine rings is 1. The second kappa shape index (κ2) is 7.69. The molecule has 2 aromatic rings. The van der Waals surface area contributed by atoms with Gasteiger partial charge in [0.25, 0.3) is 0 Å². The molecule has 0 aromatic heterocycles. The molecule has 0 bridgehead atoms. The molecule has 0 amide bonds. The Morgan fingerprint density at radius 3 is 2.19 bits per heavy atom. The Balaban J connectivity index is 1.75. The lowest BCUT2D eigenvalue weighted by atomic mass is 10.2. The van der Waals surface area contributed by atoms with Gasteiger partial charge in [0.1, 0.15) is 11.6 Å². The normalized spacial score (nSPS) is 15.5. The molecule has 26 heavy (non-hydrogen) atoms. The van der Waals surface area contributed by atoms with Crippen LogP contribution in [0.5, 0.6) is 0 Å². The highest BCUT2D eigenvalue weighted by atomic mass is 32.2. The fraction of sp³-hybridized carbons (Fsp3) is 0.333. The van der Waals surface area contributed by atoms with Crippen LogP contribution in [0.15, 0.2) is 47.4 Å². The van der Waals surface area contributed by atoms with E-state index in [1.807, 2.05) is 24.3 Å². The molecule has 1 heterocycles. The van der Waals surface area contributed by atoms with Gasteiger partial charge in [0.2, 0.25) is 10.0 Å². The Kier molecular flexibility index (Phi) is 5.55. The maximum absolute atomic E-state index is 13.8. The van der Waals surface area contributed by atoms with Crippen LogP contribution in [0.3, 0.4) is 0 Å². The number of sulfonamides is 1. The minimum Gasteiger partial charge on any atom is -0.378 e. The molecule has 1 aliphatic rings. The summed E-state index contributed by atoms with van der Waals surface area (Å²) in [5.41, 5.74) is 1.76. The molecule has 0 spiro atoms. The summed E-state index contributed by atoms with van der Waals surface area (Å²) in [6.07, 6.45) is 0. The van der Waals surface area contributed by atoms with E-state index in [1.54, 1.807) is 0 Å². The Labute approximate surface area is 151 Å². The van der Waals surface area contributed by atoms with Crippen LogP contribution in [0.2, 0.25) is 0 Å². The van der Waals surface area contributed by atoms with Crippen LogP contribution >= 0.6 is 0 Å². The van der Waals surface area contributed by atoms with Crippen molar-refractivity contribution < 1.29 is 21.9 Å². The molecule has 0 radical (unpaired) electrons. The average Bonchev–Trinajstić information content (AvgIpc) is 2.62. The molecule has 0 aliphatic carbocycles. The number of hydrogen-bond donors (Lipinski definition) is 0. The lowest BCUT2D eigenvalue weighted by Crippen LogP contribution is -2.36. The van der Waals surface area contributed by atoms with Crippen LogP contribution in [0.25, 0.3) is 0 Å². The van der Waals surface area contributed by atoms with E-state index in [1.165, 1.54) is 7.05 Å². The van der Waals surface area contributed by atoms with Crippen LogP contribution in [0.1, 0.15) is 5.56 Å². The summed E-state index contributed by atoms with van der Waals surface area (Å²) in [5, 5.41) is 0. The van der Waals surface area contributed by atoms with Crippen molar-refractivity contribution >= 4 is 15.7 Å². The van der Waals surface area contributed by atoms with Crippen molar-refractivity contribution in [1.82, 2.24) is 4.31 Å². The molecule has 1 saturated heterocycles. The molecular formula is C18H20F2N2O3S. The average molecular weight is 382 g/mol. The highest BCUT2D eigenvalue weighted by Crippen LogP contribution is 2.24. The molecule has 0 unspecified atom stereocenters. The van der Waals surface area contributed by atoms with Gasteiger partial charge in [-0.3, -0.25) is 0 Å². The summed E-state index contributed by atoms with van der Waals surface area (Å²) in [5.74, 6) is -2.20. The van der Waals surface area contributed by atoms with Crippen LogP contribution in [-0.2, 0) is 21.3 Å². The molecule has 1 fully saturated rings. The molecule has 0 atom stereocenters. The Morgan fingerprint density at radius 2 is 1.62 bits per heavy atom. The first-order chi connectivity index (χ1) is 12.4. The fourth-order valence-corrected chi connectivity index (χ4v) is 4.12. The van der Waals surface area contributed by atoms with Crippen LogP contribution in [-0.4, -0.2) is 46.1 Å². The minimum absolute atomic E-state index is 0.0134. The van der Waals surface area contributed by atoms with Crippen molar-refractivity contribution in [1.29, 1.82) is 0 Å². The van der Waals surface area contributed by atoms with Gasteiger partial charge < -0.3 is 9.64 Å². The zero-order valence-electron chi connectivity index (χ0n) is 14.4. The van der Waals surface area contributed by atoms with Gasteiger partial charge in [-0.2, -0.15) is 4.31 Å². The molecule has 140 valence electrons. The van der Waals surface area contributed by atoms with Crippen molar-refractivity contribution in [2.45, 2.75) is 11.4 Å². The van der Waals surface area contributed by atoms with E-state index < -0.39 is 26.6 Å². The summed E-state index contributed by atoms with van der Waals surface area (Å²) in [4.78, 5) is 1.26. The van der Waals surface area contributed by atoms with Crippen LogP contribution in [0.4, 0.5) is 14.5 Å². The fourth-order valence-electron chi connectivity index (χ4n) is 2.86. The number of ether oxygens (including phenoxy) is 1. The van der Waals surface area contributed by atoms with Gasteiger partial charge in [0.15, 0.2) is 4.90 Å². The molecule has 0 saturated carbocycles. The van der Waals surface area contributed by atoms with Crippen molar-refractivity contribution in [3.05, 3.63) is 59.7 Å². The van der Waals surface area contributed by atoms with Gasteiger partial charge in [0, 0.05) is 32.4 Å². The lowest BCUT2D eigenvalue weighted by molar-refractivity contribution is 0.122. The second-order valence-electron chi connectivity index (χ2n) is 6.08. The molecule has 5 nitrogen and oxygen atoms in total. The number of halogens is 2. The smallest absolute Gasteiger partial charge is 0.248 e. The van der Waals surface area contributed by atoms with Gasteiger partial charge in [-0.1, -0.05) is 18.2 Å². The van der Waals surface area contributed by atoms with Crippen molar-refractivity contribution in [2.75, 3.05) is 38.3 Å². The van der Waals surface area contributed by atoms with Crippen molar-refractivity contribution in [3.8, 4) is 0 Å². The zero-order valence-corrected chi connectivity index (χ0v) is 15.2. The maximum atomic E-state index is 13.8. The van der Waals surface area contributed by atoms with E-state index in [4.69, 9.17) is 4.74 Å². The first-order valence-corrected chi connectivity index (χ1v) is 9.65. The topological polar surface area (TPSA) is 49.9 Å². The monoisotopic (exact) mass is 382 g/mol. The predicted octanol–water partition coefficient (Wildman–Crippen LogP) is 2.62. The first-order valence-electron chi connectivity index (χ1n) is 8.21. The zero-order chi connectivity index (χ0) is 18.7. The lowest BCUT2D eigenvalue weighted by Gasteiger charge is -2.29. The Morgan fingerprint density at radius 1 is 1.04 bits per heavy atom. The van der Waals surface area contributed by atoms with E-state index in [-0.39, 0.29) is 6.54 Å². The van der Waals surface area contributed by atoms with E-state index in [0.717, 1.165) is 46.8 Å². The van der Waals surface area contributed by atoms with E-state index >= 15 is 0 Å². The third-order valence-corrected chi connectivity index (χ3v) is 6.16. The summed E-state index contributed by atoms with van der Waals surface area (Å²) < 4.78 is 59.0. The number of anilines is 1. The minimum atomic E-state index is -4.27. The van der Waals surface area contributed by atoms with Crippen molar-refractivity contribution in [3.63, 3.8) is 0 Å². The SMILES string of the molecule is CN(Cc1ccc(N2CCOCC2)cc1)S(=O)(=O)c1c(F)cccc1F. The van der Waals surface area contributed by atoms with E-state index in [2.05, 4.69) is 4.90 Å². The van der Waals surface area contributed by atoms with Gasteiger partial charge in [-0.05, 0) is 29.8 Å². The van der Waals surface area contributed by atoms with Gasteiger partial charge in [0.05, 0.1) is 13.2 Å². The summed E-state index contributed by atoms with van der Waals surface area (Å²) in [7, 11) is -2.97. The predicted molar refractivity (Wildman–Crippen MR) is 94.5 cm³/mol. The molecule has 8 heteroatoms.